The summed E-state index contributed by atoms with van der Waals surface area (Å²) in [6.45, 7) is 10.2. The number of hydrogen-bond donors (Lipinski definition) is 1. The smallest absolute Gasteiger partial charge is 0.303 e. The summed E-state index contributed by atoms with van der Waals surface area (Å²) in [7, 11) is 0. The van der Waals surface area contributed by atoms with Crippen LogP contribution >= 0.6 is 0 Å². The van der Waals surface area contributed by atoms with Gasteiger partial charge >= 0.3 is 5.97 Å². The van der Waals surface area contributed by atoms with Gasteiger partial charge in [0.25, 0.3) is 0 Å². The van der Waals surface area contributed by atoms with Gasteiger partial charge in [0.2, 0.25) is 0 Å². The van der Waals surface area contributed by atoms with Crippen LogP contribution in [0, 0.1) is 11.3 Å². The summed E-state index contributed by atoms with van der Waals surface area (Å²) in [5.41, 5.74) is 1.07. The van der Waals surface area contributed by atoms with Crippen LogP contribution in [0.3, 0.4) is 0 Å². The molecule has 2 nitrogen and oxygen atoms in total. The first-order valence-corrected chi connectivity index (χ1v) is 6.49. The molecule has 1 unspecified atom stereocenters. The quantitative estimate of drug-likeness (QED) is 0.671. The zero-order valence-electron chi connectivity index (χ0n) is 12.2. The monoisotopic (exact) mass is 250 g/mol. The van der Waals surface area contributed by atoms with Gasteiger partial charge in [0.15, 0.2) is 0 Å². The topological polar surface area (TPSA) is 37.3 Å². The van der Waals surface area contributed by atoms with Crippen LogP contribution in [0.25, 0.3) is 0 Å². The van der Waals surface area contributed by atoms with Crippen LogP contribution in [0.4, 0.5) is 0 Å². The van der Waals surface area contributed by atoms with E-state index in [2.05, 4.69) is 19.1 Å². The molecule has 0 radical (unpaired) electrons. The minimum atomic E-state index is -0.725. The molecule has 0 saturated carbocycles. The zero-order chi connectivity index (χ0) is 14.2. The van der Waals surface area contributed by atoms with Crippen LogP contribution in [0.2, 0.25) is 0 Å². The predicted molar refractivity (Wildman–Crippen MR) is 77.5 cm³/mol. The Kier molecular flexibility index (Phi) is 7.33. The molecular formula is C16H26O2. The van der Waals surface area contributed by atoms with Crippen molar-refractivity contribution in [3.8, 4) is 0 Å². The Bertz CT molecular complexity index is 346. The summed E-state index contributed by atoms with van der Waals surface area (Å²) in [5.74, 6) is -0.371. The second-order valence-electron chi connectivity index (χ2n) is 5.53. The van der Waals surface area contributed by atoms with E-state index in [4.69, 9.17) is 5.11 Å². The highest BCUT2D eigenvalue weighted by atomic mass is 16.4. The van der Waals surface area contributed by atoms with Crippen molar-refractivity contribution in [2.24, 2.45) is 11.3 Å². The Morgan fingerprint density at radius 2 is 1.89 bits per heavy atom. The largest absolute Gasteiger partial charge is 0.481 e. The number of carboxylic acids is 1. The molecule has 0 spiro atoms. The lowest BCUT2D eigenvalue weighted by Crippen LogP contribution is -2.20. The van der Waals surface area contributed by atoms with Crippen LogP contribution in [0.1, 0.15) is 47.5 Å². The summed E-state index contributed by atoms with van der Waals surface area (Å²) in [5, 5.41) is 8.91. The van der Waals surface area contributed by atoms with Crippen molar-refractivity contribution in [2.75, 3.05) is 0 Å². The number of rotatable bonds is 7. The van der Waals surface area contributed by atoms with Crippen molar-refractivity contribution in [3.05, 3.63) is 36.0 Å². The van der Waals surface area contributed by atoms with E-state index < -0.39 is 5.97 Å². The third kappa shape index (κ3) is 7.10. The van der Waals surface area contributed by atoms with E-state index in [0.717, 1.165) is 6.42 Å². The molecule has 0 rings (SSSR count). The number of carboxylic acid groups (broad SMARTS) is 1. The normalized spacial score (nSPS) is 15.5. The Morgan fingerprint density at radius 3 is 2.33 bits per heavy atom. The lowest BCUT2D eigenvalue weighted by Gasteiger charge is -2.27. The average molecular weight is 250 g/mol. The van der Waals surface area contributed by atoms with Gasteiger partial charge in [-0.3, -0.25) is 4.79 Å². The Balaban J connectivity index is 4.79. The van der Waals surface area contributed by atoms with Crippen molar-refractivity contribution < 1.29 is 9.90 Å². The van der Waals surface area contributed by atoms with E-state index in [1.165, 1.54) is 5.57 Å². The van der Waals surface area contributed by atoms with Gasteiger partial charge in [0.1, 0.15) is 0 Å². The number of carbonyl (C=O) groups is 1. The van der Waals surface area contributed by atoms with Crippen LogP contribution < -0.4 is 0 Å². The second kappa shape index (κ2) is 7.91. The zero-order valence-corrected chi connectivity index (χ0v) is 12.2. The Hall–Kier alpha value is -1.31. The molecule has 1 N–H and O–H groups in total. The standard InChI is InChI=1S/C16H26O2/c1-6-8-10-14(9-7-2)13(3)11-16(4,5)12-15(17)18/h6-10,13H,11-12H2,1-5H3,(H,17,18)/b8-6-,9-7-,14-10+. The third-order valence-electron chi connectivity index (χ3n) is 2.90. The lowest BCUT2D eigenvalue weighted by molar-refractivity contribution is -0.139. The van der Waals surface area contributed by atoms with E-state index in [-0.39, 0.29) is 11.8 Å². The molecule has 2 heteroatoms. The molecule has 0 aliphatic carbocycles. The van der Waals surface area contributed by atoms with E-state index in [0.29, 0.717) is 5.92 Å². The van der Waals surface area contributed by atoms with Gasteiger partial charge in [-0.25, -0.2) is 0 Å². The first-order chi connectivity index (χ1) is 8.32. The summed E-state index contributed by atoms with van der Waals surface area (Å²) in [6, 6.07) is 0. The summed E-state index contributed by atoms with van der Waals surface area (Å²) in [6.07, 6.45) is 11.3. The molecule has 1 atom stereocenters. The number of aliphatic carboxylic acids is 1. The van der Waals surface area contributed by atoms with Crippen molar-refractivity contribution >= 4 is 5.97 Å². The fraction of sp³-hybridized carbons (Fsp3) is 0.562. The highest BCUT2D eigenvalue weighted by Crippen LogP contribution is 2.32. The van der Waals surface area contributed by atoms with Crippen LogP contribution in [-0.2, 0) is 4.79 Å². The number of allylic oxidation sites excluding steroid dienone is 6. The molecule has 0 aliphatic heterocycles. The Morgan fingerprint density at radius 1 is 1.28 bits per heavy atom. The van der Waals surface area contributed by atoms with Gasteiger partial charge in [0.05, 0.1) is 6.42 Å². The molecule has 18 heavy (non-hydrogen) atoms. The maximum atomic E-state index is 10.8. The summed E-state index contributed by atoms with van der Waals surface area (Å²) in [4.78, 5) is 10.8. The maximum Gasteiger partial charge on any atom is 0.303 e. The fourth-order valence-corrected chi connectivity index (χ4v) is 2.21. The van der Waals surface area contributed by atoms with Crippen molar-refractivity contribution in [3.63, 3.8) is 0 Å². The van der Waals surface area contributed by atoms with Gasteiger partial charge in [-0.05, 0) is 37.2 Å². The molecular weight excluding hydrogens is 224 g/mol. The summed E-state index contributed by atoms with van der Waals surface area (Å²) >= 11 is 0. The van der Waals surface area contributed by atoms with Crippen LogP contribution in [-0.4, -0.2) is 11.1 Å². The molecule has 0 aromatic rings. The molecule has 0 aromatic heterocycles. The molecule has 102 valence electrons. The van der Waals surface area contributed by atoms with Crippen molar-refractivity contribution in [1.29, 1.82) is 0 Å². The minimum absolute atomic E-state index is 0.179. The van der Waals surface area contributed by atoms with E-state index in [1.54, 1.807) is 0 Å². The second-order valence-corrected chi connectivity index (χ2v) is 5.53. The SMILES string of the molecule is C\C=C/C=C(\C=C/C)C(C)CC(C)(C)CC(=O)O. The van der Waals surface area contributed by atoms with E-state index >= 15 is 0 Å². The first-order valence-electron chi connectivity index (χ1n) is 6.49. The van der Waals surface area contributed by atoms with Crippen LogP contribution in [0.15, 0.2) is 36.0 Å². The van der Waals surface area contributed by atoms with Gasteiger partial charge in [-0.15, -0.1) is 0 Å². The lowest BCUT2D eigenvalue weighted by atomic mass is 9.78. The van der Waals surface area contributed by atoms with Crippen molar-refractivity contribution in [1.82, 2.24) is 0 Å². The average Bonchev–Trinajstić information content (AvgIpc) is 2.21. The molecule has 0 amide bonds. The Labute approximate surface area is 111 Å². The first kappa shape index (κ1) is 16.7. The van der Waals surface area contributed by atoms with Gasteiger partial charge in [-0.1, -0.05) is 51.2 Å². The molecule has 0 aliphatic rings. The summed E-state index contributed by atoms with van der Waals surface area (Å²) < 4.78 is 0. The van der Waals surface area contributed by atoms with Gasteiger partial charge < -0.3 is 5.11 Å². The highest BCUT2D eigenvalue weighted by molar-refractivity contribution is 5.67. The fourth-order valence-electron chi connectivity index (χ4n) is 2.21. The predicted octanol–water partition coefficient (Wildman–Crippen LogP) is 4.59. The van der Waals surface area contributed by atoms with Gasteiger partial charge in [-0.2, -0.15) is 0 Å². The third-order valence-corrected chi connectivity index (χ3v) is 2.90. The molecule has 0 bridgehead atoms. The molecule has 0 fully saturated rings. The highest BCUT2D eigenvalue weighted by Gasteiger charge is 2.25. The van der Waals surface area contributed by atoms with Gasteiger partial charge in [0, 0.05) is 0 Å². The van der Waals surface area contributed by atoms with E-state index in [9.17, 15) is 4.79 Å². The maximum absolute atomic E-state index is 10.8. The molecule has 0 heterocycles. The van der Waals surface area contributed by atoms with Crippen LogP contribution in [0.5, 0.6) is 0 Å². The minimum Gasteiger partial charge on any atom is -0.481 e. The molecule has 0 saturated heterocycles. The number of hydrogen-bond acceptors (Lipinski definition) is 1. The van der Waals surface area contributed by atoms with Crippen molar-refractivity contribution in [2.45, 2.75) is 47.5 Å². The van der Waals surface area contributed by atoms with E-state index in [1.807, 2.05) is 45.9 Å². The molecule has 0 aromatic carbocycles.